The maximum Gasteiger partial charge on any atom is 0.407 e. The van der Waals surface area contributed by atoms with Gasteiger partial charge in [0.2, 0.25) is 5.91 Å². The number of fused-ring (bicyclic) bond motifs is 3. The van der Waals surface area contributed by atoms with Crippen LogP contribution in [0.15, 0.2) is 78.9 Å². The minimum Gasteiger partial charge on any atom is -0.479 e. The van der Waals surface area contributed by atoms with E-state index in [-0.39, 0.29) is 38.6 Å². The predicted molar refractivity (Wildman–Crippen MR) is 146 cm³/mol. The van der Waals surface area contributed by atoms with Crippen LogP contribution in [0, 0.1) is 0 Å². The van der Waals surface area contributed by atoms with Gasteiger partial charge in [-0.25, -0.2) is 9.59 Å². The highest BCUT2D eigenvalue weighted by molar-refractivity contribution is 5.88. The number of nitrogens with zero attached hydrogens (tertiary/aromatic N) is 1. The van der Waals surface area contributed by atoms with Crippen LogP contribution in [0.1, 0.15) is 36.0 Å². The van der Waals surface area contributed by atoms with Gasteiger partial charge < -0.3 is 29.9 Å². The van der Waals surface area contributed by atoms with E-state index in [2.05, 4.69) is 5.32 Å². The Balaban J connectivity index is 1.29. The SMILES string of the molecule is C[C@H](OCc1ccccc1)[C@@H](NC(=O)OCC1c2ccccc2-c2ccccc21)C(=O)N1CCC(O)(C(=O)O)C1. The second kappa shape index (κ2) is 11.5. The third-order valence-corrected chi connectivity index (χ3v) is 7.67. The molecule has 1 aliphatic carbocycles. The van der Waals surface area contributed by atoms with E-state index in [0.717, 1.165) is 27.8 Å². The van der Waals surface area contributed by atoms with Crippen molar-refractivity contribution in [1.82, 2.24) is 10.2 Å². The number of aliphatic carboxylic acids is 1. The van der Waals surface area contributed by atoms with Crippen LogP contribution in [0.3, 0.4) is 0 Å². The third kappa shape index (κ3) is 5.57. The summed E-state index contributed by atoms with van der Waals surface area (Å²) < 4.78 is 11.6. The number of carboxylic acids is 1. The van der Waals surface area contributed by atoms with Crippen LogP contribution < -0.4 is 5.32 Å². The van der Waals surface area contributed by atoms with Crippen LogP contribution in [0.25, 0.3) is 11.1 Å². The first-order valence-electron chi connectivity index (χ1n) is 13.3. The van der Waals surface area contributed by atoms with E-state index in [9.17, 15) is 24.6 Å². The molecule has 3 N–H and O–H groups in total. The fraction of sp³-hybridized carbons (Fsp3) is 0.323. The van der Waals surface area contributed by atoms with Crippen molar-refractivity contribution < 1.29 is 34.1 Å². The molecule has 1 saturated heterocycles. The molecule has 40 heavy (non-hydrogen) atoms. The van der Waals surface area contributed by atoms with Crippen molar-refractivity contribution in [2.75, 3.05) is 19.7 Å². The van der Waals surface area contributed by atoms with Gasteiger partial charge in [-0.15, -0.1) is 0 Å². The highest BCUT2D eigenvalue weighted by Crippen LogP contribution is 2.44. The van der Waals surface area contributed by atoms with Crippen molar-refractivity contribution in [3.05, 3.63) is 95.6 Å². The number of β-amino-alcohol motifs (C(OH)–C–C–N with tert-alkyl or cyclic N) is 1. The van der Waals surface area contributed by atoms with Gasteiger partial charge >= 0.3 is 12.1 Å². The number of benzene rings is 3. The Labute approximate surface area is 232 Å². The number of nitrogens with one attached hydrogen (secondary N) is 1. The second-order valence-corrected chi connectivity index (χ2v) is 10.3. The number of likely N-dealkylation sites (tertiary alicyclic amines) is 1. The molecule has 3 aromatic rings. The lowest BCUT2D eigenvalue weighted by molar-refractivity contribution is -0.157. The highest BCUT2D eigenvalue weighted by Gasteiger charge is 2.46. The second-order valence-electron chi connectivity index (χ2n) is 10.3. The fourth-order valence-corrected chi connectivity index (χ4v) is 5.40. The third-order valence-electron chi connectivity index (χ3n) is 7.67. The molecule has 1 unspecified atom stereocenters. The van der Waals surface area contributed by atoms with E-state index in [0.29, 0.717) is 0 Å². The van der Waals surface area contributed by atoms with Gasteiger partial charge in [0.1, 0.15) is 12.6 Å². The van der Waals surface area contributed by atoms with Crippen molar-refractivity contribution in [3.8, 4) is 11.1 Å². The van der Waals surface area contributed by atoms with Crippen molar-refractivity contribution >= 4 is 18.0 Å². The van der Waals surface area contributed by atoms with Gasteiger partial charge in [0.05, 0.1) is 19.3 Å². The van der Waals surface area contributed by atoms with Gasteiger partial charge in [-0.2, -0.15) is 0 Å². The number of hydrogen-bond donors (Lipinski definition) is 3. The summed E-state index contributed by atoms with van der Waals surface area (Å²) in [5, 5.41) is 22.4. The average Bonchev–Trinajstić information content (AvgIpc) is 3.53. The highest BCUT2D eigenvalue weighted by atomic mass is 16.5. The van der Waals surface area contributed by atoms with Crippen LogP contribution >= 0.6 is 0 Å². The summed E-state index contributed by atoms with van der Waals surface area (Å²) in [5.41, 5.74) is 3.19. The molecule has 2 amide bonds. The fourth-order valence-electron chi connectivity index (χ4n) is 5.40. The summed E-state index contributed by atoms with van der Waals surface area (Å²) in [6.45, 7) is 1.60. The van der Waals surface area contributed by atoms with Gasteiger partial charge in [-0.1, -0.05) is 78.9 Å². The molecule has 0 spiro atoms. The molecule has 208 valence electrons. The van der Waals surface area contributed by atoms with E-state index in [1.807, 2.05) is 78.9 Å². The van der Waals surface area contributed by atoms with Crippen molar-refractivity contribution in [1.29, 1.82) is 0 Å². The molecule has 9 nitrogen and oxygen atoms in total. The maximum atomic E-state index is 13.5. The number of rotatable bonds is 9. The van der Waals surface area contributed by atoms with E-state index >= 15 is 0 Å². The Kier molecular flexibility index (Phi) is 7.86. The lowest BCUT2D eigenvalue weighted by Crippen LogP contribution is -2.55. The van der Waals surface area contributed by atoms with E-state index in [1.54, 1.807) is 6.92 Å². The molecule has 1 aliphatic heterocycles. The molecule has 1 heterocycles. The molecule has 0 bridgehead atoms. The Morgan fingerprint density at radius 1 is 0.975 bits per heavy atom. The summed E-state index contributed by atoms with van der Waals surface area (Å²) in [6.07, 6.45) is -1.67. The minimum absolute atomic E-state index is 0.0376. The first-order valence-corrected chi connectivity index (χ1v) is 13.3. The van der Waals surface area contributed by atoms with Crippen molar-refractivity contribution in [2.24, 2.45) is 0 Å². The number of carbonyl (C=O) groups is 3. The monoisotopic (exact) mass is 544 g/mol. The average molecular weight is 545 g/mol. The van der Waals surface area contributed by atoms with E-state index in [1.165, 1.54) is 4.90 Å². The number of hydrogen-bond acceptors (Lipinski definition) is 6. The van der Waals surface area contributed by atoms with Crippen LogP contribution in [0.4, 0.5) is 4.79 Å². The lowest BCUT2D eigenvalue weighted by Gasteiger charge is -2.29. The van der Waals surface area contributed by atoms with Gasteiger partial charge in [-0.05, 0) is 34.7 Å². The minimum atomic E-state index is -2.03. The Hall–Kier alpha value is -4.21. The molecule has 3 aromatic carbocycles. The summed E-state index contributed by atoms with van der Waals surface area (Å²) >= 11 is 0. The summed E-state index contributed by atoms with van der Waals surface area (Å²) in [5.74, 6) is -2.09. The first kappa shape index (κ1) is 27.4. The zero-order valence-corrected chi connectivity index (χ0v) is 22.2. The summed E-state index contributed by atoms with van der Waals surface area (Å²) in [7, 11) is 0. The van der Waals surface area contributed by atoms with Crippen LogP contribution in [0.5, 0.6) is 0 Å². The maximum absolute atomic E-state index is 13.5. The molecular formula is C31H32N2O7. The van der Waals surface area contributed by atoms with Crippen LogP contribution in [0.2, 0.25) is 0 Å². The van der Waals surface area contributed by atoms with Gasteiger partial charge in [0.15, 0.2) is 5.60 Å². The van der Waals surface area contributed by atoms with E-state index < -0.39 is 35.7 Å². The molecule has 2 aliphatic rings. The summed E-state index contributed by atoms with van der Waals surface area (Å²) in [6, 6.07) is 24.2. The first-order chi connectivity index (χ1) is 19.3. The van der Waals surface area contributed by atoms with Gasteiger partial charge in [0, 0.05) is 18.9 Å². The predicted octanol–water partition coefficient (Wildman–Crippen LogP) is 3.55. The van der Waals surface area contributed by atoms with Gasteiger partial charge in [0.25, 0.3) is 0 Å². The largest absolute Gasteiger partial charge is 0.479 e. The normalized spacial score (nSPS) is 19.4. The molecule has 1 fully saturated rings. The smallest absolute Gasteiger partial charge is 0.407 e. The molecular weight excluding hydrogens is 512 g/mol. The number of carboxylic acid groups (broad SMARTS) is 1. The zero-order valence-electron chi connectivity index (χ0n) is 22.2. The molecule has 0 aromatic heterocycles. The zero-order chi connectivity index (χ0) is 28.3. The van der Waals surface area contributed by atoms with Crippen LogP contribution in [-0.2, 0) is 25.7 Å². The quantitative estimate of drug-likeness (QED) is 0.376. The molecule has 3 atom stereocenters. The Morgan fingerprint density at radius 2 is 1.57 bits per heavy atom. The topological polar surface area (TPSA) is 125 Å². The Bertz CT molecular complexity index is 1350. The lowest BCUT2D eigenvalue weighted by atomic mass is 9.98. The van der Waals surface area contributed by atoms with Gasteiger partial charge in [-0.3, -0.25) is 4.79 Å². The molecule has 9 heteroatoms. The van der Waals surface area contributed by atoms with Crippen molar-refractivity contribution in [2.45, 2.75) is 43.6 Å². The van der Waals surface area contributed by atoms with Crippen molar-refractivity contribution in [3.63, 3.8) is 0 Å². The number of amides is 2. The standard InChI is InChI=1S/C31H32N2O7/c1-20(39-17-21-9-3-2-4-10-21)27(28(34)33-16-15-31(38,19-33)29(35)36)32-30(37)40-18-26-24-13-7-5-11-22(24)23-12-6-8-14-25(23)26/h2-14,20,26-27,38H,15-19H2,1H3,(H,32,37)(H,35,36)/t20-,27+,31?/m0/s1. The molecule has 0 saturated carbocycles. The van der Waals surface area contributed by atoms with Crippen LogP contribution in [-0.4, -0.2) is 70.5 Å². The number of ether oxygens (including phenoxy) is 2. The van der Waals surface area contributed by atoms with E-state index in [4.69, 9.17) is 9.47 Å². The number of aliphatic hydroxyl groups is 1. The number of alkyl carbamates (subject to hydrolysis) is 1. The summed E-state index contributed by atoms with van der Waals surface area (Å²) in [4.78, 5) is 39.3. The number of carbonyl (C=O) groups excluding carboxylic acids is 2. The Morgan fingerprint density at radius 3 is 2.17 bits per heavy atom. The molecule has 0 radical (unpaired) electrons. The molecule has 5 rings (SSSR count).